The van der Waals surface area contributed by atoms with Gasteiger partial charge in [-0.25, -0.2) is 4.98 Å². The van der Waals surface area contributed by atoms with Crippen molar-refractivity contribution in [2.75, 3.05) is 20.8 Å². The molecule has 0 saturated carbocycles. The van der Waals surface area contributed by atoms with E-state index in [9.17, 15) is 9.59 Å². The van der Waals surface area contributed by atoms with E-state index in [2.05, 4.69) is 0 Å². The van der Waals surface area contributed by atoms with Crippen molar-refractivity contribution < 1.29 is 19.2 Å². The number of carbonyl (C=O) groups excluding carboxylic acids is 1. The molecule has 0 bridgehead atoms. The summed E-state index contributed by atoms with van der Waals surface area (Å²) < 4.78 is 12.4. The molecule has 1 aliphatic rings. The van der Waals surface area contributed by atoms with Crippen LogP contribution in [0.4, 0.5) is 0 Å². The Morgan fingerprint density at radius 3 is 2.77 bits per heavy atom. The van der Waals surface area contributed by atoms with Gasteiger partial charge < -0.3 is 20.1 Å². The first-order chi connectivity index (χ1) is 15.0. The van der Waals surface area contributed by atoms with Crippen LogP contribution in [0.25, 0.3) is 10.9 Å². The number of nitrogens with zero attached hydrogens (tertiary/aromatic N) is 2. The van der Waals surface area contributed by atoms with Crippen LogP contribution in [0.1, 0.15) is 30.3 Å². The highest BCUT2D eigenvalue weighted by atomic mass is 16.5. The molecule has 1 unspecified atom stereocenters. The Hall–Kier alpha value is -3.39. The lowest BCUT2D eigenvalue weighted by Crippen LogP contribution is -3.09. The number of carbonyl (C=O) groups is 1. The molecule has 8 heteroatoms. The molecule has 8 nitrogen and oxygen atoms in total. The van der Waals surface area contributed by atoms with Crippen LogP contribution in [-0.2, 0) is 17.9 Å². The number of methoxy groups -OCH3 is 2. The molecule has 1 amide bonds. The summed E-state index contributed by atoms with van der Waals surface area (Å²) in [6, 6.07) is 13.2. The Balaban J connectivity index is 1.75. The van der Waals surface area contributed by atoms with Gasteiger partial charge in [0.25, 0.3) is 5.56 Å². The number of hydrogen-bond acceptors (Lipinski definition) is 5. The van der Waals surface area contributed by atoms with Gasteiger partial charge in [0.05, 0.1) is 37.2 Å². The van der Waals surface area contributed by atoms with Crippen LogP contribution in [0.5, 0.6) is 11.5 Å². The monoisotopic (exact) mass is 423 g/mol. The number of rotatable bonds is 7. The van der Waals surface area contributed by atoms with Crippen LogP contribution < -0.4 is 25.7 Å². The third-order valence-electron chi connectivity index (χ3n) is 5.94. The maximum Gasteiger partial charge on any atom is 0.262 e. The number of aromatic nitrogens is 2. The zero-order chi connectivity index (χ0) is 22.0. The highest BCUT2D eigenvalue weighted by Crippen LogP contribution is 2.31. The summed E-state index contributed by atoms with van der Waals surface area (Å²) in [6.07, 6.45) is 2.01. The fourth-order valence-corrected chi connectivity index (χ4v) is 4.48. The Morgan fingerprint density at radius 1 is 1.23 bits per heavy atom. The zero-order valence-corrected chi connectivity index (χ0v) is 17.8. The number of nitrogens with two attached hydrogens (primary N) is 1. The lowest BCUT2D eigenvalue weighted by Gasteiger charge is -2.24. The molecule has 162 valence electrons. The number of ether oxygens (including phenoxy) is 2. The van der Waals surface area contributed by atoms with Gasteiger partial charge in [-0.05, 0) is 30.3 Å². The second-order valence-electron chi connectivity index (χ2n) is 7.79. The SMILES string of the molecule is COc1ccc(OC)c([C@@H]2CCC[NH+]2Cc2nc3ccccc3c(=O)n2CC(N)=O)c1. The third-order valence-corrected chi connectivity index (χ3v) is 5.94. The van der Waals surface area contributed by atoms with Crippen LogP contribution in [0.15, 0.2) is 47.3 Å². The van der Waals surface area contributed by atoms with Gasteiger partial charge in [0.15, 0.2) is 5.82 Å². The second-order valence-corrected chi connectivity index (χ2v) is 7.79. The summed E-state index contributed by atoms with van der Waals surface area (Å²) in [7, 11) is 3.31. The van der Waals surface area contributed by atoms with Gasteiger partial charge in [0, 0.05) is 12.8 Å². The van der Waals surface area contributed by atoms with E-state index in [0.29, 0.717) is 23.3 Å². The van der Waals surface area contributed by atoms with Gasteiger partial charge in [-0.3, -0.25) is 14.2 Å². The molecule has 1 aliphatic heterocycles. The number of quaternary nitrogens is 1. The largest absolute Gasteiger partial charge is 0.497 e. The average Bonchev–Trinajstić information content (AvgIpc) is 3.23. The highest BCUT2D eigenvalue weighted by molar-refractivity contribution is 5.78. The third kappa shape index (κ3) is 4.11. The molecule has 31 heavy (non-hydrogen) atoms. The molecule has 0 aliphatic carbocycles. The Labute approximate surface area is 180 Å². The number of nitrogens with one attached hydrogen (secondary N) is 1. The standard InChI is InChI=1S/C23H26N4O4/c1-30-15-9-10-20(31-2)17(12-15)19-8-5-11-26(19)14-22-25-18-7-4-3-6-16(18)23(29)27(22)13-21(24)28/h3-4,6-7,9-10,12,19H,5,8,11,13-14H2,1-2H3,(H2,24,28)/p+1/t19-/m0/s1. The molecule has 0 radical (unpaired) electrons. The fourth-order valence-electron chi connectivity index (χ4n) is 4.48. The topological polar surface area (TPSA) is 101 Å². The minimum absolute atomic E-state index is 0.162. The smallest absolute Gasteiger partial charge is 0.262 e. The first kappa shape index (κ1) is 20.9. The van der Waals surface area contributed by atoms with Gasteiger partial charge in [0.1, 0.15) is 30.6 Å². The van der Waals surface area contributed by atoms with Crippen molar-refractivity contribution in [2.24, 2.45) is 5.73 Å². The van der Waals surface area contributed by atoms with E-state index >= 15 is 0 Å². The molecule has 2 heterocycles. The molecular formula is C23H27N4O4+. The quantitative estimate of drug-likeness (QED) is 0.586. The first-order valence-corrected chi connectivity index (χ1v) is 10.3. The summed E-state index contributed by atoms with van der Waals surface area (Å²) in [5.74, 6) is 1.58. The number of primary amides is 1. The van der Waals surface area contributed by atoms with E-state index in [-0.39, 0.29) is 18.1 Å². The fraction of sp³-hybridized carbons (Fsp3) is 0.348. The van der Waals surface area contributed by atoms with Crippen LogP contribution in [0, 0.1) is 0 Å². The molecule has 3 aromatic rings. The Bertz CT molecular complexity index is 1170. The highest BCUT2D eigenvalue weighted by Gasteiger charge is 2.34. The minimum atomic E-state index is -0.567. The Kier molecular flexibility index (Phi) is 5.90. The number of hydrogen-bond donors (Lipinski definition) is 2. The predicted octanol–water partition coefficient (Wildman–Crippen LogP) is 0.819. The molecule has 0 spiro atoms. The van der Waals surface area contributed by atoms with Crippen molar-refractivity contribution in [1.82, 2.24) is 9.55 Å². The molecule has 2 aromatic carbocycles. The molecule has 1 aromatic heterocycles. The predicted molar refractivity (Wildman–Crippen MR) is 116 cm³/mol. The van der Waals surface area contributed by atoms with Crippen molar-refractivity contribution in [2.45, 2.75) is 32.0 Å². The minimum Gasteiger partial charge on any atom is -0.497 e. The van der Waals surface area contributed by atoms with Crippen LogP contribution in [0.3, 0.4) is 0 Å². The van der Waals surface area contributed by atoms with Crippen LogP contribution in [0.2, 0.25) is 0 Å². The zero-order valence-electron chi connectivity index (χ0n) is 17.8. The van der Waals surface area contributed by atoms with E-state index in [1.165, 1.54) is 9.47 Å². The average molecular weight is 423 g/mol. The number of benzene rings is 2. The van der Waals surface area contributed by atoms with Crippen molar-refractivity contribution in [1.29, 1.82) is 0 Å². The summed E-state index contributed by atoms with van der Waals surface area (Å²) in [5, 5.41) is 0.481. The van der Waals surface area contributed by atoms with Gasteiger partial charge >= 0.3 is 0 Å². The normalized spacial score (nSPS) is 18.3. The van der Waals surface area contributed by atoms with Crippen molar-refractivity contribution >= 4 is 16.8 Å². The van der Waals surface area contributed by atoms with E-state index in [1.807, 2.05) is 30.3 Å². The number of likely N-dealkylation sites (tertiary alicyclic amines) is 1. The number of amides is 1. The Morgan fingerprint density at radius 2 is 2.03 bits per heavy atom. The van der Waals surface area contributed by atoms with Crippen molar-refractivity contribution in [3.63, 3.8) is 0 Å². The molecule has 3 N–H and O–H groups in total. The summed E-state index contributed by atoms with van der Waals surface area (Å²) in [5.41, 5.74) is 6.89. The first-order valence-electron chi connectivity index (χ1n) is 10.3. The van der Waals surface area contributed by atoms with Gasteiger partial charge in [-0.15, -0.1) is 0 Å². The van der Waals surface area contributed by atoms with Crippen molar-refractivity contribution in [3.05, 3.63) is 64.2 Å². The molecule has 2 atom stereocenters. The lowest BCUT2D eigenvalue weighted by molar-refractivity contribution is -0.932. The molecule has 4 rings (SSSR count). The van der Waals surface area contributed by atoms with Gasteiger partial charge in [-0.1, -0.05) is 12.1 Å². The van der Waals surface area contributed by atoms with Crippen molar-refractivity contribution in [3.8, 4) is 11.5 Å². The summed E-state index contributed by atoms with van der Waals surface area (Å²) >= 11 is 0. The summed E-state index contributed by atoms with van der Waals surface area (Å²) in [4.78, 5) is 30.7. The van der Waals surface area contributed by atoms with Gasteiger partial charge in [-0.2, -0.15) is 0 Å². The summed E-state index contributed by atoms with van der Waals surface area (Å²) in [6.45, 7) is 1.23. The lowest BCUT2D eigenvalue weighted by atomic mass is 10.0. The maximum atomic E-state index is 13.1. The second kappa shape index (κ2) is 8.77. The van der Waals surface area contributed by atoms with E-state index < -0.39 is 5.91 Å². The van der Waals surface area contributed by atoms with E-state index in [4.69, 9.17) is 20.2 Å². The van der Waals surface area contributed by atoms with Crippen LogP contribution in [-0.4, -0.2) is 36.2 Å². The van der Waals surface area contributed by atoms with E-state index in [1.54, 1.807) is 26.4 Å². The van der Waals surface area contributed by atoms with E-state index in [0.717, 1.165) is 36.4 Å². The number of fused-ring (bicyclic) bond motifs is 1. The molecular weight excluding hydrogens is 396 g/mol. The number of para-hydroxylation sites is 1. The van der Waals surface area contributed by atoms with Crippen LogP contribution >= 0.6 is 0 Å². The molecule has 1 fully saturated rings. The molecule has 1 saturated heterocycles. The maximum absolute atomic E-state index is 13.1. The van der Waals surface area contributed by atoms with Gasteiger partial charge in [0.2, 0.25) is 5.91 Å².